The van der Waals surface area contributed by atoms with E-state index in [-0.39, 0.29) is 23.4 Å². The molecule has 2 atom stereocenters. The summed E-state index contributed by atoms with van der Waals surface area (Å²) in [4.78, 5) is 27.7. The van der Waals surface area contributed by atoms with Crippen molar-refractivity contribution < 1.29 is 18.4 Å². The lowest BCUT2D eigenvalue weighted by Gasteiger charge is -2.37. The molecule has 1 fully saturated rings. The molecule has 0 saturated heterocycles. The number of halogens is 2. The first-order chi connectivity index (χ1) is 19.9. The van der Waals surface area contributed by atoms with Crippen LogP contribution in [0.5, 0.6) is 0 Å². The molecular formula is C34H39F2N3O2. The fourth-order valence-electron chi connectivity index (χ4n) is 6.31. The zero-order valence-corrected chi connectivity index (χ0v) is 23.9. The number of hydrazine groups is 1. The van der Waals surface area contributed by atoms with E-state index in [1.165, 1.54) is 24.6 Å². The minimum Gasteiger partial charge on any atom is -0.344 e. The number of anilines is 1. The molecule has 0 spiro atoms. The molecule has 3 aromatic rings. The maximum absolute atomic E-state index is 15.1. The van der Waals surface area contributed by atoms with Crippen molar-refractivity contribution in [1.29, 1.82) is 0 Å². The van der Waals surface area contributed by atoms with E-state index in [9.17, 15) is 14.0 Å². The normalized spacial score (nSPS) is 16.6. The first kappa shape index (κ1) is 28.8. The zero-order chi connectivity index (χ0) is 28.9. The summed E-state index contributed by atoms with van der Waals surface area (Å²) in [6.45, 7) is 4.66. The Bertz CT molecular complexity index is 1370. The highest BCUT2D eigenvalue weighted by atomic mass is 19.1. The highest BCUT2D eigenvalue weighted by Crippen LogP contribution is 2.32. The molecule has 3 aromatic carbocycles. The summed E-state index contributed by atoms with van der Waals surface area (Å²) in [5, 5.41) is 6.67. The van der Waals surface area contributed by atoms with Gasteiger partial charge in [0.25, 0.3) is 5.91 Å². The van der Waals surface area contributed by atoms with Crippen LogP contribution in [0, 0.1) is 17.6 Å². The van der Waals surface area contributed by atoms with Gasteiger partial charge in [0.2, 0.25) is 5.91 Å². The van der Waals surface area contributed by atoms with Crippen molar-refractivity contribution in [2.45, 2.75) is 70.8 Å². The van der Waals surface area contributed by atoms with Crippen molar-refractivity contribution in [3.63, 3.8) is 0 Å². The maximum atomic E-state index is 15.1. The number of amides is 2. The van der Waals surface area contributed by atoms with Gasteiger partial charge in [0.15, 0.2) is 0 Å². The van der Waals surface area contributed by atoms with Crippen LogP contribution in [-0.2, 0) is 16.0 Å². The third-order valence-corrected chi connectivity index (χ3v) is 8.64. The van der Waals surface area contributed by atoms with Crippen LogP contribution < -0.4 is 10.3 Å². The molecule has 1 aliphatic heterocycles. The Morgan fingerprint density at radius 2 is 1.76 bits per heavy atom. The van der Waals surface area contributed by atoms with Gasteiger partial charge in [-0.05, 0) is 73.6 Å². The van der Waals surface area contributed by atoms with Gasteiger partial charge in [0.05, 0.1) is 11.6 Å². The van der Waals surface area contributed by atoms with Crippen molar-refractivity contribution in [2.24, 2.45) is 5.92 Å². The standard InChI is InChI=1S/C34H39F2N3O2/c1-3-38(39-19-18-27-21-28(35)15-17-32(27)39)34(41)31(20-24-10-6-4-7-11-24)37-33(40)23(2)26-14-16-29(30(36)22-26)25-12-8-5-9-13-25/h5,8-9,12-17,21-24,31H,3-4,6-7,10-11,18-20H2,1-2H3,(H,37,40). The summed E-state index contributed by atoms with van der Waals surface area (Å²) in [5.74, 6) is -1.42. The van der Waals surface area contributed by atoms with E-state index in [1.807, 2.05) is 42.3 Å². The van der Waals surface area contributed by atoms with Gasteiger partial charge in [0.1, 0.15) is 17.7 Å². The topological polar surface area (TPSA) is 52.7 Å². The van der Waals surface area contributed by atoms with E-state index in [4.69, 9.17) is 0 Å². The van der Waals surface area contributed by atoms with Crippen LogP contribution >= 0.6 is 0 Å². The molecule has 7 heteroatoms. The predicted octanol–water partition coefficient (Wildman–Crippen LogP) is 7.02. The van der Waals surface area contributed by atoms with Crippen LogP contribution in [0.1, 0.15) is 69.4 Å². The van der Waals surface area contributed by atoms with Crippen molar-refractivity contribution in [3.8, 4) is 11.1 Å². The number of likely N-dealkylation sites (N-methyl/N-ethyl adjacent to an activating group) is 1. The molecule has 0 radical (unpaired) electrons. The summed E-state index contributed by atoms with van der Waals surface area (Å²) in [6.07, 6.45) is 6.76. The number of fused-ring (bicyclic) bond motifs is 1. The minimum atomic E-state index is -0.703. The Labute approximate surface area is 241 Å². The number of rotatable bonds is 9. The molecule has 2 aliphatic rings. The molecule has 2 amide bonds. The molecular weight excluding hydrogens is 520 g/mol. The summed E-state index contributed by atoms with van der Waals surface area (Å²) in [5.41, 5.74) is 3.52. The quantitative estimate of drug-likeness (QED) is 0.307. The molecule has 0 aromatic heterocycles. The van der Waals surface area contributed by atoms with E-state index >= 15 is 4.39 Å². The largest absolute Gasteiger partial charge is 0.344 e. The van der Waals surface area contributed by atoms with E-state index in [0.717, 1.165) is 42.5 Å². The van der Waals surface area contributed by atoms with E-state index < -0.39 is 12.0 Å². The molecule has 1 N–H and O–H groups in total. The fourth-order valence-corrected chi connectivity index (χ4v) is 6.31. The monoisotopic (exact) mass is 559 g/mol. The molecule has 0 bridgehead atoms. The molecule has 2 unspecified atom stereocenters. The Morgan fingerprint density at radius 1 is 1.00 bits per heavy atom. The van der Waals surface area contributed by atoms with Crippen molar-refractivity contribution in [1.82, 2.24) is 10.3 Å². The zero-order valence-electron chi connectivity index (χ0n) is 23.9. The first-order valence-electron chi connectivity index (χ1n) is 14.9. The third-order valence-electron chi connectivity index (χ3n) is 8.64. The number of nitrogens with one attached hydrogen (secondary N) is 1. The number of nitrogens with zero attached hydrogens (tertiary/aromatic N) is 2. The number of carbonyl (C=O) groups is 2. The number of benzene rings is 3. The minimum absolute atomic E-state index is 0.165. The second-order valence-corrected chi connectivity index (χ2v) is 11.3. The summed E-state index contributed by atoms with van der Waals surface area (Å²) in [6, 6.07) is 18.2. The molecule has 5 rings (SSSR count). The molecule has 1 aliphatic carbocycles. The maximum Gasteiger partial charge on any atom is 0.263 e. The van der Waals surface area contributed by atoms with Gasteiger partial charge >= 0.3 is 0 Å². The average molecular weight is 560 g/mol. The second kappa shape index (κ2) is 12.8. The van der Waals surface area contributed by atoms with Gasteiger partial charge in [0, 0.05) is 18.7 Å². The van der Waals surface area contributed by atoms with Crippen molar-refractivity contribution in [2.75, 3.05) is 18.1 Å². The molecule has 216 valence electrons. The van der Waals surface area contributed by atoms with Gasteiger partial charge < -0.3 is 5.32 Å². The Hall–Kier alpha value is -3.74. The highest BCUT2D eigenvalue weighted by molar-refractivity contribution is 5.91. The summed E-state index contributed by atoms with van der Waals surface area (Å²) in [7, 11) is 0. The summed E-state index contributed by atoms with van der Waals surface area (Å²) >= 11 is 0. The van der Waals surface area contributed by atoms with E-state index in [2.05, 4.69) is 5.32 Å². The summed E-state index contributed by atoms with van der Waals surface area (Å²) < 4.78 is 29.0. The van der Waals surface area contributed by atoms with E-state index in [0.29, 0.717) is 43.0 Å². The lowest BCUT2D eigenvalue weighted by atomic mass is 9.84. The smallest absolute Gasteiger partial charge is 0.263 e. The van der Waals surface area contributed by atoms with Crippen LogP contribution in [0.2, 0.25) is 0 Å². The fraction of sp³-hybridized carbons (Fsp3) is 0.412. The number of carbonyl (C=O) groups excluding carboxylic acids is 2. The highest BCUT2D eigenvalue weighted by Gasteiger charge is 2.35. The van der Waals surface area contributed by atoms with Gasteiger partial charge in [-0.3, -0.25) is 19.6 Å². The number of hydrogen-bond acceptors (Lipinski definition) is 3. The lowest BCUT2D eigenvalue weighted by Crippen LogP contribution is -2.55. The predicted molar refractivity (Wildman–Crippen MR) is 158 cm³/mol. The van der Waals surface area contributed by atoms with Crippen LogP contribution in [0.4, 0.5) is 14.5 Å². The SMILES string of the molecule is CCN(C(=O)C(CC1CCCCC1)NC(=O)C(C)c1ccc(-c2ccccc2)c(F)c1)N1CCc2cc(F)ccc21. The van der Waals surface area contributed by atoms with Gasteiger partial charge in [-0.2, -0.15) is 0 Å². The van der Waals surface area contributed by atoms with Crippen LogP contribution in [0.25, 0.3) is 11.1 Å². The van der Waals surface area contributed by atoms with Crippen molar-refractivity contribution >= 4 is 17.5 Å². The Balaban J connectivity index is 1.35. The Morgan fingerprint density at radius 3 is 2.46 bits per heavy atom. The molecule has 1 saturated carbocycles. The van der Waals surface area contributed by atoms with Crippen LogP contribution in [-0.4, -0.2) is 36.0 Å². The number of hydrogen-bond donors (Lipinski definition) is 1. The van der Waals surface area contributed by atoms with Gasteiger partial charge in [-0.15, -0.1) is 0 Å². The second-order valence-electron chi connectivity index (χ2n) is 11.3. The van der Waals surface area contributed by atoms with E-state index in [1.54, 1.807) is 30.1 Å². The van der Waals surface area contributed by atoms with Crippen molar-refractivity contribution in [3.05, 3.63) is 89.5 Å². The molecule has 41 heavy (non-hydrogen) atoms. The van der Waals surface area contributed by atoms with Gasteiger partial charge in [-0.1, -0.05) is 74.6 Å². The third kappa shape index (κ3) is 6.45. The van der Waals surface area contributed by atoms with Gasteiger partial charge in [-0.25, -0.2) is 8.78 Å². The van der Waals surface area contributed by atoms with Crippen LogP contribution in [0.3, 0.4) is 0 Å². The molecule has 1 heterocycles. The molecule has 5 nitrogen and oxygen atoms in total. The Kier molecular flexibility index (Phi) is 9.01. The first-order valence-corrected chi connectivity index (χ1v) is 14.9. The lowest BCUT2D eigenvalue weighted by molar-refractivity contribution is -0.137. The van der Waals surface area contributed by atoms with Crippen LogP contribution in [0.15, 0.2) is 66.7 Å². The average Bonchev–Trinajstić information content (AvgIpc) is 3.40.